The van der Waals surface area contributed by atoms with Crippen LogP contribution in [0, 0.1) is 5.82 Å². The number of aliphatic hydroxyl groups excluding tert-OH is 1. The Bertz CT molecular complexity index is 502. The van der Waals surface area contributed by atoms with Gasteiger partial charge in [0.2, 0.25) is 0 Å². The van der Waals surface area contributed by atoms with Gasteiger partial charge in [0.1, 0.15) is 11.6 Å². The highest BCUT2D eigenvalue weighted by molar-refractivity contribution is 5.29. The van der Waals surface area contributed by atoms with E-state index in [2.05, 4.69) is 4.98 Å². The summed E-state index contributed by atoms with van der Waals surface area (Å²) in [5.74, 6) is 0.0357. The molecule has 2 aromatic rings. The van der Waals surface area contributed by atoms with E-state index >= 15 is 0 Å². The predicted molar refractivity (Wildman–Crippen MR) is 65.8 cm³/mol. The van der Waals surface area contributed by atoms with Gasteiger partial charge in [-0.3, -0.25) is 4.98 Å². The van der Waals surface area contributed by atoms with Crippen molar-refractivity contribution in [2.75, 3.05) is 6.61 Å². The lowest BCUT2D eigenvalue weighted by Crippen LogP contribution is -2.02. The molecule has 0 aliphatic rings. The summed E-state index contributed by atoms with van der Waals surface area (Å²) in [5, 5.41) is 8.96. The van der Waals surface area contributed by atoms with Crippen molar-refractivity contribution < 1.29 is 14.2 Å². The summed E-state index contributed by atoms with van der Waals surface area (Å²) in [7, 11) is 0. The number of aromatic nitrogens is 1. The molecule has 0 aliphatic carbocycles. The van der Waals surface area contributed by atoms with E-state index in [1.807, 2.05) is 12.1 Å². The zero-order valence-electron chi connectivity index (χ0n) is 9.84. The van der Waals surface area contributed by atoms with Gasteiger partial charge < -0.3 is 9.84 Å². The lowest BCUT2D eigenvalue weighted by Gasteiger charge is -2.07. The van der Waals surface area contributed by atoms with Gasteiger partial charge in [-0.15, -0.1) is 0 Å². The molecular weight excluding hydrogens is 233 g/mol. The van der Waals surface area contributed by atoms with Crippen LogP contribution >= 0.6 is 0 Å². The number of hydrogen-bond acceptors (Lipinski definition) is 3. The molecule has 94 valence electrons. The Morgan fingerprint density at radius 1 is 1.11 bits per heavy atom. The van der Waals surface area contributed by atoms with E-state index in [1.54, 1.807) is 18.5 Å². The van der Waals surface area contributed by atoms with Crippen molar-refractivity contribution in [2.45, 2.75) is 13.0 Å². The Morgan fingerprint density at radius 3 is 2.61 bits per heavy atom. The molecule has 0 spiro atoms. The molecule has 1 heterocycles. The van der Waals surface area contributed by atoms with E-state index in [1.165, 1.54) is 12.1 Å². The number of benzene rings is 1. The van der Waals surface area contributed by atoms with Gasteiger partial charge in [-0.25, -0.2) is 4.39 Å². The molecular formula is C14H14FNO2. The van der Waals surface area contributed by atoms with Crippen LogP contribution in [0.5, 0.6) is 5.75 Å². The number of halogens is 1. The van der Waals surface area contributed by atoms with Crippen LogP contribution < -0.4 is 4.74 Å². The molecule has 0 fully saturated rings. The zero-order chi connectivity index (χ0) is 12.8. The quantitative estimate of drug-likeness (QED) is 0.881. The van der Waals surface area contributed by atoms with Crippen LogP contribution in [-0.4, -0.2) is 16.7 Å². The summed E-state index contributed by atoms with van der Waals surface area (Å²) < 4.78 is 18.6. The first-order valence-corrected chi connectivity index (χ1v) is 5.70. The van der Waals surface area contributed by atoms with Crippen LogP contribution in [0.15, 0.2) is 42.7 Å². The minimum Gasteiger partial charge on any atom is -0.493 e. The second-order valence-corrected chi connectivity index (χ2v) is 3.91. The van der Waals surface area contributed by atoms with E-state index in [9.17, 15) is 4.39 Å². The normalized spacial score (nSPS) is 10.3. The molecule has 2 rings (SSSR count). The molecule has 1 N–H and O–H groups in total. The Labute approximate surface area is 105 Å². The topological polar surface area (TPSA) is 42.4 Å². The fourth-order valence-corrected chi connectivity index (χ4v) is 1.63. The Balaban J connectivity index is 1.92. The van der Waals surface area contributed by atoms with Crippen LogP contribution in [0.4, 0.5) is 4.39 Å². The maximum atomic E-state index is 13.2. The SMILES string of the molecule is OCc1cc(F)cc(OCCc2ccncc2)c1. The van der Waals surface area contributed by atoms with Crippen molar-refractivity contribution >= 4 is 0 Å². The summed E-state index contributed by atoms with van der Waals surface area (Å²) >= 11 is 0. The molecule has 0 unspecified atom stereocenters. The third-order valence-corrected chi connectivity index (χ3v) is 2.52. The Morgan fingerprint density at radius 2 is 1.89 bits per heavy atom. The molecule has 1 aromatic carbocycles. The smallest absolute Gasteiger partial charge is 0.127 e. The molecule has 0 bridgehead atoms. The summed E-state index contributed by atoms with van der Waals surface area (Å²) in [6.45, 7) is 0.261. The highest BCUT2D eigenvalue weighted by Crippen LogP contribution is 2.16. The van der Waals surface area contributed by atoms with Crippen LogP contribution in [0.1, 0.15) is 11.1 Å². The second-order valence-electron chi connectivity index (χ2n) is 3.91. The van der Waals surface area contributed by atoms with Crippen molar-refractivity contribution in [1.82, 2.24) is 4.98 Å². The van der Waals surface area contributed by atoms with E-state index in [-0.39, 0.29) is 6.61 Å². The number of pyridine rings is 1. The largest absolute Gasteiger partial charge is 0.493 e. The first-order chi connectivity index (χ1) is 8.78. The summed E-state index contributed by atoms with van der Waals surface area (Å²) in [6.07, 6.45) is 4.18. The minimum absolute atomic E-state index is 0.196. The molecule has 0 atom stereocenters. The van der Waals surface area contributed by atoms with Crippen molar-refractivity contribution in [3.05, 3.63) is 59.7 Å². The first kappa shape index (κ1) is 12.5. The maximum Gasteiger partial charge on any atom is 0.127 e. The van der Waals surface area contributed by atoms with E-state index in [0.717, 1.165) is 12.0 Å². The van der Waals surface area contributed by atoms with Crippen LogP contribution in [0.2, 0.25) is 0 Å². The van der Waals surface area contributed by atoms with E-state index < -0.39 is 5.82 Å². The summed E-state index contributed by atoms with van der Waals surface area (Å²) in [4.78, 5) is 3.93. The Kier molecular flexibility index (Phi) is 4.25. The van der Waals surface area contributed by atoms with Gasteiger partial charge in [0, 0.05) is 24.9 Å². The molecule has 3 nitrogen and oxygen atoms in total. The molecule has 0 saturated carbocycles. The number of nitrogens with zero attached hydrogens (tertiary/aromatic N) is 1. The van der Waals surface area contributed by atoms with Gasteiger partial charge in [-0.1, -0.05) is 0 Å². The summed E-state index contributed by atoms with van der Waals surface area (Å²) in [6, 6.07) is 8.05. The number of hydrogen-bond donors (Lipinski definition) is 1. The number of aliphatic hydroxyl groups is 1. The highest BCUT2D eigenvalue weighted by Gasteiger charge is 2.01. The van der Waals surface area contributed by atoms with Crippen LogP contribution in [-0.2, 0) is 13.0 Å². The van der Waals surface area contributed by atoms with Gasteiger partial charge in [0.15, 0.2) is 0 Å². The van der Waals surface area contributed by atoms with Crippen molar-refractivity contribution in [3.63, 3.8) is 0 Å². The lowest BCUT2D eigenvalue weighted by atomic mass is 10.2. The van der Waals surface area contributed by atoms with Crippen LogP contribution in [0.3, 0.4) is 0 Å². The lowest BCUT2D eigenvalue weighted by molar-refractivity contribution is 0.278. The zero-order valence-corrected chi connectivity index (χ0v) is 9.84. The van der Waals surface area contributed by atoms with Crippen molar-refractivity contribution in [2.24, 2.45) is 0 Å². The molecule has 1 aromatic heterocycles. The van der Waals surface area contributed by atoms with Gasteiger partial charge in [-0.2, -0.15) is 0 Å². The third-order valence-electron chi connectivity index (χ3n) is 2.52. The monoisotopic (exact) mass is 247 g/mol. The number of ether oxygens (including phenoxy) is 1. The minimum atomic E-state index is -0.402. The first-order valence-electron chi connectivity index (χ1n) is 5.70. The highest BCUT2D eigenvalue weighted by atomic mass is 19.1. The van der Waals surface area contributed by atoms with Crippen LogP contribution in [0.25, 0.3) is 0 Å². The van der Waals surface area contributed by atoms with Crippen molar-refractivity contribution in [3.8, 4) is 5.75 Å². The van der Waals surface area contributed by atoms with Crippen molar-refractivity contribution in [1.29, 1.82) is 0 Å². The predicted octanol–water partition coefficient (Wildman–Crippen LogP) is 2.33. The van der Waals surface area contributed by atoms with Gasteiger partial charge in [0.05, 0.1) is 13.2 Å². The maximum absolute atomic E-state index is 13.2. The molecule has 18 heavy (non-hydrogen) atoms. The number of rotatable bonds is 5. The fraction of sp³-hybridized carbons (Fsp3) is 0.214. The second kappa shape index (κ2) is 6.12. The van der Waals surface area contributed by atoms with E-state index in [0.29, 0.717) is 17.9 Å². The standard InChI is InChI=1S/C14H14FNO2/c15-13-7-12(10-17)8-14(9-13)18-6-3-11-1-4-16-5-2-11/h1-2,4-5,7-9,17H,3,6,10H2. The van der Waals surface area contributed by atoms with Gasteiger partial charge in [0.25, 0.3) is 0 Å². The average Bonchev–Trinajstić information content (AvgIpc) is 2.39. The van der Waals surface area contributed by atoms with E-state index in [4.69, 9.17) is 9.84 Å². The fourth-order valence-electron chi connectivity index (χ4n) is 1.63. The third kappa shape index (κ3) is 3.53. The van der Waals surface area contributed by atoms with Gasteiger partial charge in [-0.05, 0) is 35.4 Å². The van der Waals surface area contributed by atoms with Gasteiger partial charge >= 0.3 is 0 Å². The summed E-state index contributed by atoms with van der Waals surface area (Å²) in [5.41, 5.74) is 1.62. The Hall–Kier alpha value is -1.94. The molecule has 0 amide bonds. The molecule has 0 radical (unpaired) electrons. The molecule has 4 heteroatoms. The molecule has 0 aliphatic heterocycles. The average molecular weight is 247 g/mol. The molecule has 0 saturated heterocycles.